The number of likely N-dealkylation sites (N-methyl/N-ethyl adjacent to an activating group) is 1. The highest BCUT2D eigenvalue weighted by atomic mass is 16.5. The smallest absolute Gasteiger partial charge is 0.252 e. The van der Waals surface area contributed by atoms with Crippen molar-refractivity contribution in [1.29, 1.82) is 0 Å². The first kappa shape index (κ1) is 20.5. The minimum absolute atomic E-state index is 0.206. The molecule has 0 saturated heterocycles. The molecule has 146 valence electrons. The van der Waals surface area contributed by atoms with Crippen LogP contribution in [0.25, 0.3) is 0 Å². The van der Waals surface area contributed by atoms with E-state index in [2.05, 4.69) is 15.8 Å². The fraction of sp³-hybridized carbons (Fsp3) is 0.450. The molecule has 1 aromatic carbocycles. The van der Waals surface area contributed by atoms with Crippen molar-refractivity contribution in [3.05, 3.63) is 46.8 Å². The molecule has 0 radical (unpaired) electrons. The van der Waals surface area contributed by atoms with Crippen molar-refractivity contribution in [2.24, 2.45) is 5.92 Å². The number of nitrogens with one attached hydrogen (secondary N) is 2. The molecule has 2 amide bonds. The van der Waals surface area contributed by atoms with Crippen molar-refractivity contribution in [3.63, 3.8) is 0 Å². The molecule has 0 unspecified atom stereocenters. The molecule has 2 rings (SSSR count). The van der Waals surface area contributed by atoms with Gasteiger partial charge in [-0.1, -0.05) is 25.1 Å². The highest BCUT2D eigenvalue weighted by Crippen LogP contribution is 2.19. The van der Waals surface area contributed by atoms with E-state index in [1.54, 1.807) is 31.3 Å². The number of amides is 2. The van der Waals surface area contributed by atoms with Crippen LogP contribution in [-0.2, 0) is 11.4 Å². The quantitative estimate of drug-likeness (QED) is 0.742. The van der Waals surface area contributed by atoms with Crippen molar-refractivity contribution >= 4 is 11.8 Å². The second-order valence-corrected chi connectivity index (χ2v) is 6.89. The zero-order valence-electron chi connectivity index (χ0n) is 16.5. The van der Waals surface area contributed by atoms with Gasteiger partial charge in [0.05, 0.1) is 11.3 Å². The molecule has 7 heteroatoms. The van der Waals surface area contributed by atoms with E-state index in [-0.39, 0.29) is 17.7 Å². The summed E-state index contributed by atoms with van der Waals surface area (Å²) in [5.41, 5.74) is 2.11. The molecular weight excluding hydrogens is 346 g/mol. The van der Waals surface area contributed by atoms with E-state index in [1.807, 2.05) is 27.7 Å². The average molecular weight is 373 g/mol. The van der Waals surface area contributed by atoms with Crippen molar-refractivity contribution in [2.75, 3.05) is 7.05 Å². The lowest BCUT2D eigenvalue weighted by Crippen LogP contribution is -2.46. The van der Waals surface area contributed by atoms with Crippen LogP contribution in [0, 0.1) is 19.8 Å². The van der Waals surface area contributed by atoms with Gasteiger partial charge in [-0.2, -0.15) is 0 Å². The number of benzene rings is 1. The summed E-state index contributed by atoms with van der Waals surface area (Å²) in [5.74, 6) is 1.03. The van der Waals surface area contributed by atoms with E-state index in [0.29, 0.717) is 30.1 Å². The molecule has 1 aromatic heterocycles. The van der Waals surface area contributed by atoms with E-state index in [4.69, 9.17) is 9.26 Å². The molecule has 7 nitrogen and oxygen atoms in total. The Balaban J connectivity index is 2.06. The molecule has 27 heavy (non-hydrogen) atoms. The lowest BCUT2D eigenvalue weighted by molar-refractivity contribution is -0.122. The topological polar surface area (TPSA) is 93.5 Å². The first-order valence-electron chi connectivity index (χ1n) is 8.98. The molecule has 0 saturated carbocycles. The molecule has 0 aliphatic carbocycles. The van der Waals surface area contributed by atoms with Crippen molar-refractivity contribution in [3.8, 4) is 5.75 Å². The molecule has 2 N–H and O–H groups in total. The number of rotatable bonds is 8. The molecule has 1 atom stereocenters. The van der Waals surface area contributed by atoms with Gasteiger partial charge in [-0.05, 0) is 44.4 Å². The zero-order valence-corrected chi connectivity index (χ0v) is 16.5. The predicted octanol–water partition coefficient (Wildman–Crippen LogP) is 2.76. The van der Waals surface area contributed by atoms with Crippen LogP contribution in [-0.4, -0.2) is 30.1 Å². The predicted molar refractivity (Wildman–Crippen MR) is 102 cm³/mol. The van der Waals surface area contributed by atoms with Gasteiger partial charge in [0, 0.05) is 12.6 Å². The van der Waals surface area contributed by atoms with E-state index in [0.717, 1.165) is 11.3 Å². The number of hydrogen-bond donors (Lipinski definition) is 2. The summed E-state index contributed by atoms with van der Waals surface area (Å²) in [7, 11) is 1.56. The lowest BCUT2D eigenvalue weighted by Gasteiger charge is -2.19. The van der Waals surface area contributed by atoms with Crippen LogP contribution in [0.2, 0.25) is 0 Å². The molecule has 0 fully saturated rings. The first-order chi connectivity index (χ1) is 12.8. The van der Waals surface area contributed by atoms with Crippen LogP contribution < -0.4 is 15.4 Å². The van der Waals surface area contributed by atoms with Crippen LogP contribution in [0.3, 0.4) is 0 Å². The highest BCUT2D eigenvalue weighted by molar-refractivity contribution is 5.97. The maximum Gasteiger partial charge on any atom is 0.252 e. The molecule has 0 aliphatic rings. The number of aryl methyl sites for hydroxylation is 2. The second-order valence-electron chi connectivity index (χ2n) is 6.89. The number of carbonyl (C=O) groups is 2. The molecular formula is C20H27N3O4. The van der Waals surface area contributed by atoms with Gasteiger partial charge in [-0.15, -0.1) is 0 Å². The maximum atomic E-state index is 12.6. The van der Waals surface area contributed by atoms with Crippen LogP contribution in [0.1, 0.15) is 47.6 Å². The largest absolute Gasteiger partial charge is 0.489 e. The van der Waals surface area contributed by atoms with Gasteiger partial charge in [0.25, 0.3) is 5.91 Å². The van der Waals surface area contributed by atoms with E-state index < -0.39 is 6.04 Å². The Morgan fingerprint density at radius 3 is 2.59 bits per heavy atom. The van der Waals surface area contributed by atoms with Crippen LogP contribution >= 0.6 is 0 Å². The third-order valence-electron chi connectivity index (χ3n) is 4.24. The summed E-state index contributed by atoms with van der Waals surface area (Å²) in [6.45, 7) is 8.00. The maximum absolute atomic E-state index is 12.6. The van der Waals surface area contributed by atoms with E-state index in [1.165, 1.54) is 0 Å². The summed E-state index contributed by atoms with van der Waals surface area (Å²) < 4.78 is 10.9. The van der Waals surface area contributed by atoms with Gasteiger partial charge in [-0.3, -0.25) is 9.59 Å². The Morgan fingerprint density at radius 2 is 2.00 bits per heavy atom. The summed E-state index contributed by atoms with van der Waals surface area (Å²) in [4.78, 5) is 24.6. The minimum Gasteiger partial charge on any atom is -0.489 e. The third-order valence-corrected chi connectivity index (χ3v) is 4.24. The standard InChI is InChI=1S/C20H27N3O4/c1-12(2)9-18(20(25)21-5)22-19(24)15-7-6-8-16(10-15)26-11-17-13(3)23-27-14(17)4/h6-8,10,12,18H,9,11H2,1-5H3,(H,21,25)(H,22,24)/t18-/m1/s1. The number of hydrogen-bond acceptors (Lipinski definition) is 5. The Hall–Kier alpha value is -2.83. The fourth-order valence-electron chi connectivity index (χ4n) is 2.71. The van der Waals surface area contributed by atoms with E-state index >= 15 is 0 Å². The monoisotopic (exact) mass is 373 g/mol. The van der Waals surface area contributed by atoms with Crippen LogP contribution in [0.4, 0.5) is 0 Å². The SMILES string of the molecule is CNC(=O)[C@@H](CC(C)C)NC(=O)c1cccc(OCc2c(C)noc2C)c1. The van der Waals surface area contributed by atoms with Gasteiger partial charge in [-0.25, -0.2) is 0 Å². The summed E-state index contributed by atoms with van der Waals surface area (Å²) in [5, 5.41) is 9.29. The summed E-state index contributed by atoms with van der Waals surface area (Å²) >= 11 is 0. The van der Waals surface area contributed by atoms with Gasteiger partial charge < -0.3 is 19.9 Å². The number of ether oxygens (including phenoxy) is 1. The number of carbonyl (C=O) groups excluding carboxylic acids is 2. The number of nitrogens with zero attached hydrogens (tertiary/aromatic N) is 1. The molecule has 0 bridgehead atoms. The van der Waals surface area contributed by atoms with Crippen LogP contribution in [0.5, 0.6) is 5.75 Å². The zero-order chi connectivity index (χ0) is 20.0. The van der Waals surface area contributed by atoms with Gasteiger partial charge in [0.15, 0.2) is 0 Å². The summed E-state index contributed by atoms with van der Waals surface area (Å²) in [6, 6.07) is 6.29. The van der Waals surface area contributed by atoms with Gasteiger partial charge >= 0.3 is 0 Å². The van der Waals surface area contributed by atoms with Crippen molar-refractivity contribution in [1.82, 2.24) is 15.8 Å². The van der Waals surface area contributed by atoms with Crippen molar-refractivity contribution in [2.45, 2.75) is 46.8 Å². The van der Waals surface area contributed by atoms with Gasteiger partial charge in [0.2, 0.25) is 5.91 Å². The Labute approximate surface area is 159 Å². The molecule has 0 aliphatic heterocycles. The fourth-order valence-corrected chi connectivity index (χ4v) is 2.71. The molecule has 1 heterocycles. The lowest BCUT2D eigenvalue weighted by atomic mass is 10.0. The molecule has 0 spiro atoms. The molecule has 2 aromatic rings. The first-order valence-corrected chi connectivity index (χ1v) is 8.98. The normalized spacial score (nSPS) is 11.9. The minimum atomic E-state index is -0.575. The number of aromatic nitrogens is 1. The van der Waals surface area contributed by atoms with Crippen LogP contribution in [0.15, 0.2) is 28.8 Å². The Morgan fingerprint density at radius 1 is 1.26 bits per heavy atom. The second kappa shape index (κ2) is 9.21. The third kappa shape index (κ3) is 5.57. The average Bonchev–Trinajstić information content (AvgIpc) is 2.96. The van der Waals surface area contributed by atoms with Gasteiger partial charge in [0.1, 0.15) is 24.2 Å². The van der Waals surface area contributed by atoms with Crippen molar-refractivity contribution < 1.29 is 18.8 Å². The Bertz CT molecular complexity index is 779. The van der Waals surface area contributed by atoms with E-state index in [9.17, 15) is 9.59 Å². The Kier molecular flexibility index (Phi) is 6.98. The highest BCUT2D eigenvalue weighted by Gasteiger charge is 2.21. The summed E-state index contributed by atoms with van der Waals surface area (Å²) in [6.07, 6.45) is 0.563.